The van der Waals surface area contributed by atoms with Crippen LogP contribution in [0.5, 0.6) is 0 Å². The lowest BCUT2D eigenvalue weighted by atomic mass is 10.0. The normalized spacial score (nSPS) is 12.2. The van der Waals surface area contributed by atoms with Crippen molar-refractivity contribution in [2.75, 3.05) is 23.7 Å². The number of amides is 2. The molecular formula is C29H31Cl4N3O4S. The molecule has 3 rings (SSSR count). The van der Waals surface area contributed by atoms with Crippen LogP contribution in [0.15, 0.2) is 66.7 Å². The maximum Gasteiger partial charge on any atom is 0.244 e. The second-order valence-electron chi connectivity index (χ2n) is 9.98. The summed E-state index contributed by atoms with van der Waals surface area (Å²) in [5.74, 6) is -0.800. The summed E-state index contributed by atoms with van der Waals surface area (Å²) in [5.41, 5.74) is 1.53. The highest BCUT2D eigenvalue weighted by atomic mass is 35.5. The predicted octanol–water partition coefficient (Wildman–Crippen LogP) is 6.48. The summed E-state index contributed by atoms with van der Waals surface area (Å²) in [7, 11) is -4.02. The maximum absolute atomic E-state index is 14.1. The molecule has 0 fully saturated rings. The van der Waals surface area contributed by atoms with Crippen LogP contribution in [-0.4, -0.2) is 50.5 Å². The van der Waals surface area contributed by atoms with Gasteiger partial charge in [-0.1, -0.05) is 103 Å². The number of halogens is 4. The lowest BCUT2D eigenvalue weighted by molar-refractivity contribution is -0.140. The molecule has 0 spiro atoms. The lowest BCUT2D eigenvalue weighted by Gasteiger charge is -2.34. The van der Waals surface area contributed by atoms with Crippen LogP contribution >= 0.6 is 46.4 Å². The quantitative estimate of drug-likeness (QED) is 0.226. The van der Waals surface area contributed by atoms with Gasteiger partial charge in [-0.2, -0.15) is 0 Å². The minimum atomic E-state index is -4.02. The summed E-state index contributed by atoms with van der Waals surface area (Å²) in [4.78, 5) is 29.1. The lowest BCUT2D eigenvalue weighted by Crippen LogP contribution is -2.53. The van der Waals surface area contributed by atoms with Gasteiger partial charge in [0.25, 0.3) is 0 Å². The van der Waals surface area contributed by atoms with Crippen molar-refractivity contribution in [2.45, 2.75) is 32.9 Å². The molecule has 2 amide bonds. The summed E-state index contributed by atoms with van der Waals surface area (Å²) < 4.78 is 26.7. The van der Waals surface area contributed by atoms with E-state index in [4.69, 9.17) is 46.4 Å². The van der Waals surface area contributed by atoms with Crippen molar-refractivity contribution in [1.29, 1.82) is 0 Å². The fourth-order valence-electron chi connectivity index (χ4n) is 4.06. The number of nitrogens with one attached hydrogen (secondary N) is 1. The Balaban J connectivity index is 2.08. The van der Waals surface area contributed by atoms with Gasteiger partial charge < -0.3 is 10.2 Å². The van der Waals surface area contributed by atoms with E-state index in [1.165, 1.54) is 17.0 Å². The number of hydrogen-bond donors (Lipinski definition) is 1. The molecule has 0 radical (unpaired) electrons. The standard InChI is InChI=1S/C29H31Cl4N3O4S/c1-19(2)16-34-29(38)27(13-20-7-5-4-6-8-20)35(17-21-9-11-22(30)12-10-21)28(37)18-36(41(3,39)40)26-15-24(32)23(31)14-25(26)33/h4-12,14-15,19,27H,13,16-18H2,1-3H3,(H,34,38)/t27-/m1/s1. The number of carbonyl (C=O) groups excluding carboxylic acids is 2. The average Bonchev–Trinajstić information content (AvgIpc) is 2.91. The molecule has 0 aromatic heterocycles. The van der Waals surface area contributed by atoms with E-state index in [-0.39, 0.29) is 45.5 Å². The Morgan fingerprint density at radius 2 is 1.46 bits per heavy atom. The SMILES string of the molecule is CC(C)CNC(=O)[C@@H](Cc1ccccc1)N(Cc1ccc(Cl)cc1)C(=O)CN(c1cc(Cl)c(Cl)cc1Cl)S(C)(=O)=O. The molecule has 0 aliphatic rings. The Hall–Kier alpha value is -2.49. The van der Waals surface area contributed by atoms with Crippen molar-refractivity contribution in [1.82, 2.24) is 10.2 Å². The number of rotatable bonds is 12. The molecule has 3 aromatic carbocycles. The smallest absolute Gasteiger partial charge is 0.244 e. The summed E-state index contributed by atoms with van der Waals surface area (Å²) >= 11 is 24.7. The zero-order chi connectivity index (χ0) is 30.3. The molecule has 1 N–H and O–H groups in total. The number of sulfonamides is 1. The minimum absolute atomic E-state index is 0.00242. The van der Waals surface area contributed by atoms with Gasteiger partial charge in [0.05, 0.1) is 27.0 Å². The highest BCUT2D eigenvalue weighted by Gasteiger charge is 2.33. The van der Waals surface area contributed by atoms with Crippen LogP contribution in [0.2, 0.25) is 20.1 Å². The van der Waals surface area contributed by atoms with Crippen LogP contribution in [-0.2, 0) is 32.6 Å². The molecule has 0 bridgehead atoms. The first-order valence-corrected chi connectivity index (χ1v) is 16.1. The predicted molar refractivity (Wildman–Crippen MR) is 167 cm³/mol. The van der Waals surface area contributed by atoms with Gasteiger partial charge in [0, 0.05) is 24.5 Å². The molecule has 220 valence electrons. The third kappa shape index (κ3) is 9.51. The van der Waals surface area contributed by atoms with Crippen molar-refractivity contribution >= 4 is 73.9 Å². The number of benzene rings is 3. The van der Waals surface area contributed by atoms with Gasteiger partial charge in [0.2, 0.25) is 21.8 Å². The van der Waals surface area contributed by atoms with Crippen molar-refractivity contribution in [3.63, 3.8) is 0 Å². The van der Waals surface area contributed by atoms with Crippen LogP contribution in [0.1, 0.15) is 25.0 Å². The van der Waals surface area contributed by atoms with E-state index in [9.17, 15) is 18.0 Å². The van der Waals surface area contributed by atoms with Crippen molar-refractivity contribution < 1.29 is 18.0 Å². The highest BCUT2D eigenvalue weighted by molar-refractivity contribution is 7.92. The first-order valence-electron chi connectivity index (χ1n) is 12.7. The summed E-state index contributed by atoms with van der Waals surface area (Å²) in [6.07, 6.45) is 1.16. The van der Waals surface area contributed by atoms with Crippen LogP contribution < -0.4 is 9.62 Å². The van der Waals surface area contributed by atoms with E-state index in [0.717, 1.165) is 16.1 Å². The van der Waals surface area contributed by atoms with Gasteiger partial charge in [-0.25, -0.2) is 8.42 Å². The fraction of sp³-hybridized carbons (Fsp3) is 0.310. The van der Waals surface area contributed by atoms with Gasteiger partial charge in [-0.15, -0.1) is 0 Å². The van der Waals surface area contributed by atoms with E-state index < -0.39 is 28.5 Å². The number of hydrogen-bond acceptors (Lipinski definition) is 4. The van der Waals surface area contributed by atoms with Crippen molar-refractivity contribution in [3.8, 4) is 0 Å². The van der Waals surface area contributed by atoms with Crippen molar-refractivity contribution in [3.05, 3.63) is 97.9 Å². The van der Waals surface area contributed by atoms with E-state index >= 15 is 0 Å². The molecule has 0 unspecified atom stereocenters. The zero-order valence-corrected chi connectivity index (χ0v) is 26.6. The van der Waals surface area contributed by atoms with Gasteiger partial charge in [0.1, 0.15) is 12.6 Å². The van der Waals surface area contributed by atoms with Gasteiger partial charge in [-0.3, -0.25) is 13.9 Å². The van der Waals surface area contributed by atoms with E-state index in [2.05, 4.69) is 5.32 Å². The van der Waals surface area contributed by atoms with Gasteiger partial charge >= 0.3 is 0 Å². The molecule has 0 aliphatic heterocycles. The molecule has 1 atom stereocenters. The average molecular weight is 659 g/mol. The Morgan fingerprint density at radius 3 is 2.05 bits per heavy atom. The fourth-order valence-corrected chi connectivity index (χ4v) is 5.73. The highest BCUT2D eigenvalue weighted by Crippen LogP contribution is 2.35. The molecule has 7 nitrogen and oxygen atoms in total. The molecule has 0 aliphatic carbocycles. The maximum atomic E-state index is 14.1. The molecular weight excluding hydrogens is 628 g/mol. The molecule has 12 heteroatoms. The number of carbonyl (C=O) groups is 2. The molecule has 0 heterocycles. The second-order valence-corrected chi connectivity index (χ2v) is 13.5. The second kappa shape index (κ2) is 14.6. The first kappa shape index (κ1) is 33.0. The Labute approximate surface area is 261 Å². The van der Waals surface area contributed by atoms with Crippen LogP contribution in [0.25, 0.3) is 0 Å². The van der Waals surface area contributed by atoms with E-state index in [0.29, 0.717) is 17.1 Å². The molecule has 0 saturated heterocycles. The van der Waals surface area contributed by atoms with E-state index in [1.54, 1.807) is 24.3 Å². The summed E-state index contributed by atoms with van der Waals surface area (Å²) in [6.45, 7) is 3.73. The van der Waals surface area contributed by atoms with Gasteiger partial charge in [-0.05, 0) is 41.3 Å². The Bertz CT molecular complexity index is 1470. The summed E-state index contributed by atoms with van der Waals surface area (Å²) in [5, 5.41) is 3.65. The third-order valence-corrected chi connectivity index (χ3v) is 8.56. The Morgan fingerprint density at radius 1 is 0.854 bits per heavy atom. The number of nitrogens with zero attached hydrogens (tertiary/aromatic N) is 2. The zero-order valence-electron chi connectivity index (χ0n) is 22.8. The monoisotopic (exact) mass is 657 g/mol. The third-order valence-electron chi connectivity index (χ3n) is 6.16. The van der Waals surface area contributed by atoms with E-state index in [1.807, 2.05) is 44.2 Å². The first-order chi connectivity index (χ1) is 19.3. The van der Waals surface area contributed by atoms with Crippen LogP contribution in [0, 0.1) is 5.92 Å². The molecule has 3 aromatic rings. The van der Waals surface area contributed by atoms with Gasteiger partial charge in [0.15, 0.2) is 0 Å². The molecule has 41 heavy (non-hydrogen) atoms. The Kier molecular flexibility index (Phi) is 11.8. The minimum Gasteiger partial charge on any atom is -0.354 e. The van der Waals surface area contributed by atoms with Crippen LogP contribution in [0.3, 0.4) is 0 Å². The number of anilines is 1. The topological polar surface area (TPSA) is 86.8 Å². The largest absolute Gasteiger partial charge is 0.354 e. The van der Waals surface area contributed by atoms with Crippen LogP contribution in [0.4, 0.5) is 5.69 Å². The van der Waals surface area contributed by atoms with Crippen molar-refractivity contribution in [2.24, 2.45) is 5.92 Å². The molecule has 0 saturated carbocycles. The summed E-state index contributed by atoms with van der Waals surface area (Å²) in [6, 6.07) is 17.8.